The molecule has 0 aliphatic rings. The van der Waals surface area contributed by atoms with E-state index in [0.29, 0.717) is 0 Å². The average Bonchev–Trinajstić information content (AvgIpc) is 2.30. The summed E-state index contributed by atoms with van der Waals surface area (Å²) in [6.45, 7) is 3.88. The van der Waals surface area contributed by atoms with Gasteiger partial charge in [-0.1, -0.05) is 0 Å². The molecule has 0 unspecified atom stereocenters. The largest absolute Gasteiger partial charge is 0.329 e. The Morgan fingerprint density at radius 1 is 1.67 bits per heavy atom. The molecule has 0 aliphatic carbocycles. The minimum absolute atomic E-state index is 0.887. The maximum absolute atomic E-state index is 4.20. The summed E-state index contributed by atoms with van der Waals surface area (Å²) in [6.07, 6.45) is 0. The number of aliphatic imine (C=N–C) groups is 1. The minimum Gasteiger partial charge on any atom is -0.329 e. The smallest absolute Gasteiger partial charge is 0.129 e. The van der Waals surface area contributed by atoms with Crippen molar-refractivity contribution in [2.45, 2.75) is 13.8 Å². The van der Waals surface area contributed by atoms with Crippen LogP contribution in [0, 0.1) is 6.92 Å². The third-order valence-corrected chi connectivity index (χ3v) is 1.65. The maximum Gasteiger partial charge on any atom is 0.129 e. The first-order chi connectivity index (χ1) is 5.63. The molecule has 0 bridgehead atoms. The van der Waals surface area contributed by atoms with Crippen LogP contribution in [0.3, 0.4) is 0 Å². The predicted octanol–water partition coefficient (Wildman–Crippen LogP) is 1.19. The number of aryl methyl sites for hydroxylation is 2. The summed E-state index contributed by atoms with van der Waals surface area (Å²) in [5.74, 6) is 1.86. The number of aromatic nitrogens is 2. The summed E-state index contributed by atoms with van der Waals surface area (Å²) in [5.41, 5.74) is 1.00. The molecule has 12 heavy (non-hydrogen) atoms. The average molecular weight is 166 g/mol. The highest BCUT2D eigenvalue weighted by molar-refractivity contribution is 5.92. The molecular weight excluding hydrogens is 152 g/mol. The van der Waals surface area contributed by atoms with Crippen molar-refractivity contribution in [1.82, 2.24) is 9.78 Å². The molecule has 4 heteroatoms. The number of amidine groups is 1. The monoisotopic (exact) mass is 166 g/mol. The van der Waals surface area contributed by atoms with E-state index >= 15 is 0 Å². The third-order valence-electron chi connectivity index (χ3n) is 1.65. The molecule has 1 aromatic heterocycles. The molecule has 0 fully saturated rings. The van der Waals surface area contributed by atoms with Crippen LogP contribution in [0.15, 0.2) is 11.1 Å². The highest BCUT2D eigenvalue weighted by Crippen LogP contribution is 2.07. The van der Waals surface area contributed by atoms with Crippen molar-refractivity contribution in [3.8, 4) is 0 Å². The molecular formula is C8H14N4. The fourth-order valence-corrected chi connectivity index (χ4v) is 0.969. The number of hydrogen-bond acceptors (Lipinski definition) is 2. The zero-order chi connectivity index (χ0) is 9.14. The van der Waals surface area contributed by atoms with Crippen LogP contribution in [0.1, 0.15) is 12.6 Å². The summed E-state index contributed by atoms with van der Waals surface area (Å²) in [6, 6.07) is 1.98. The quantitative estimate of drug-likeness (QED) is 0.503. The van der Waals surface area contributed by atoms with Crippen LogP contribution in [0.25, 0.3) is 0 Å². The van der Waals surface area contributed by atoms with E-state index in [4.69, 9.17) is 0 Å². The number of nitrogens with zero attached hydrogens (tertiary/aromatic N) is 3. The van der Waals surface area contributed by atoms with Gasteiger partial charge in [-0.3, -0.25) is 9.67 Å². The number of hydrogen-bond donors (Lipinski definition) is 1. The molecule has 0 radical (unpaired) electrons. The molecule has 0 aliphatic heterocycles. The highest BCUT2D eigenvalue weighted by atomic mass is 15.3. The lowest BCUT2D eigenvalue weighted by molar-refractivity contribution is 0.765. The summed E-state index contributed by atoms with van der Waals surface area (Å²) < 4.78 is 1.80. The lowest BCUT2D eigenvalue weighted by Gasteiger charge is -2.03. The van der Waals surface area contributed by atoms with Crippen molar-refractivity contribution < 1.29 is 0 Å². The van der Waals surface area contributed by atoms with Gasteiger partial charge < -0.3 is 5.32 Å². The van der Waals surface area contributed by atoms with Crippen molar-refractivity contribution in [2.24, 2.45) is 12.0 Å². The van der Waals surface area contributed by atoms with Gasteiger partial charge in [-0.15, -0.1) is 0 Å². The molecule has 66 valence electrons. The highest BCUT2D eigenvalue weighted by Gasteiger charge is 2.00. The summed E-state index contributed by atoms with van der Waals surface area (Å²) >= 11 is 0. The molecule has 0 aromatic carbocycles. The van der Waals surface area contributed by atoms with Crippen molar-refractivity contribution in [3.05, 3.63) is 11.8 Å². The van der Waals surface area contributed by atoms with Gasteiger partial charge in [0.05, 0.1) is 11.5 Å². The van der Waals surface area contributed by atoms with Gasteiger partial charge in [0.2, 0.25) is 0 Å². The Morgan fingerprint density at radius 3 is 2.75 bits per heavy atom. The van der Waals surface area contributed by atoms with E-state index in [9.17, 15) is 0 Å². The van der Waals surface area contributed by atoms with E-state index in [-0.39, 0.29) is 0 Å². The van der Waals surface area contributed by atoms with E-state index in [1.165, 1.54) is 0 Å². The number of rotatable bonds is 1. The van der Waals surface area contributed by atoms with Crippen molar-refractivity contribution in [2.75, 3.05) is 12.4 Å². The Morgan fingerprint density at radius 2 is 2.33 bits per heavy atom. The minimum atomic E-state index is 0.887. The van der Waals surface area contributed by atoms with Crippen LogP contribution in [0.4, 0.5) is 5.82 Å². The third kappa shape index (κ3) is 1.84. The molecule has 1 aromatic rings. The van der Waals surface area contributed by atoms with E-state index in [2.05, 4.69) is 15.4 Å². The zero-order valence-electron chi connectivity index (χ0n) is 7.92. The predicted molar refractivity (Wildman–Crippen MR) is 50.6 cm³/mol. The van der Waals surface area contributed by atoms with Gasteiger partial charge >= 0.3 is 0 Å². The Labute approximate surface area is 72.3 Å². The molecule has 0 spiro atoms. The lowest BCUT2D eigenvalue weighted by atomic mass is 10.4. The van der Waals surface area contributed by atoms with Crippen LogP contribution in [0.2, 0.25) is 0 Å². The molecule has 0 atom stereocenters. The Bertz CT molecular complexity index is 298. The van der Waals surface area contributed by atoms with Gasteiger partial charge in [0.25, 0.3) is 0 Å². The van der Waals surface area contributed by atoms with Crippen LogP contribution in [-0.2, 0) is 7.05 Å². The summed E-state index contributed by atoms with van der Waals surface area (Å²) in [4.78, 5) is 4.00. The zero-order valence-corrected chi connectivity index (χ0v) is 7.92. The Kier molecular flexibility index (Phi) is 2.47. The van der Waals surface area contributed by atoms with Crippen LogP contribution >= 0.6 is 0 Å². The maximum atomic E-state index is 4.20. The van der Waals surface area contributed by atoms with Gasteiger partial charge in [0, 0.05) is 20.2 Å². The number of nitrogens with one attached hydrogen (secondary N) is 1. The van der Waals surface area contributed by atoms with Crippen molar-refractivity contribution in [3.63, 3.8) is 0 Å². The first-order valence-electron chi connectivity index (χ1n) is 3.84. The van der Waals surface area contributed by atoms with Gasteiger partial charge in [-0.25, -0.2) is 0 Å². The Balaban J connectivity index is 2.82. The lowest BCUT2D eigenvalue weighted by Crippen LogP contribution is -2.10. The standard InChI is InChI=1S/C8H14N4/c1-6-5-8(12(4)11-6)10-7(2)9-3/h5H,1-4H3,(H,9,10). The second-order valence-electron chi connectivity index (χ2n) is 2.73. The van der Waals surface area contributed by atoms with Gasteiger partial charge in [0.15, 0.2) is 0 Å². The van der Waals surface area contributed by atoms with E-state index < -0.39 is 0 Å². The SMILES string of the molecule is CN=C(C)Nc1cc(C)nn1C. The summed E-state index contributed by atoms with van der Waals surface area (Å²) in [7, 11) is 3.66. The molecule has 4 nitrogen and oxygen atoms in total. The fraction of sp³-hybridized carbons (Fsp3) is 0.500. The van der Waals surface area contributed by atoms with E-state index in [1.807, 2.05) is 27.0 Å². The van der Waals surface area contributed by atoms with Crippen molar-refractivity contribution >= 4 is 11.7 Å². The van der Waals surface area contributed by atoms with Gasteiger partial charge in [-0.2, -0.15) is 5.10 Å². The summed E-state index contributed by atoms with van der Waals surface area (Å²) in [5, 5.41) is 7.33. The number of anilines is 1. The van der Waals surface area contributed by atoms with Gasteiger partial charge in [-0.05, 0) is 13.8 Å². The first kappa shape index (κ1) is 8.77. The second-order valence-corrected chi connectivity index (χ2v) is 2.73. The Hall–Kier alpha value is -1.32. The van der Waals surface area contributed by atoms with Gasteiger partial charge in [0.1, 0.15) is 5.82 Å². The molecule has 0 saturated heterocycles. The second kappa shape index (κ2) is 3.38. The molecule has 0 saturated carbocycles. The normalized spacial score (nSPS) is 11.8. The fourth-order valence-electron chi connectivity index (χ4n) is 0.969. The van der Waals surface area contributed by atoms with E-state index in [1.54, 1.807) is 11.7 Å². The van der Waals surface area contributed by atoms with Crippen LogP contribution in [-0.4, -0.2) is 22.7 Å². The van der Waals surface area contributed by atoms with Crippen molar-refractivity contribution in [1.29, 1.82) is 0 Å². The topological polar surface area (TPSA) is 42.2 Å². The molecule has 0 amide bonds. The van der Waals surface area contributed by atoms with Crippen LogP contribution < -0.4 is 5.32 Å². The first-order valence-corrected chi connectivity index (χ1v) is 3.84. The molecule has 1 N–H and O–H groups in total. The van der Waals surface area contributed by atoms with E-state index in [0.717, 1.165) is 17.3 Å². The molecule has 1 rings (SSSR count). The molecule has 1 heterocycles. The van der Waals surface area contributed by atoms with Crippen LogP contribution in [0.5, 0.6) is 0 Å².